The number of hydrogen-bond donors (Lipinski definition) is 1. The topological polar surface area (TPSA) is 58.6 Å². The molecule has 2 aromatic carbocycles. The molecule has 0 atom stereocenters. The van der Waals surface area contributed by atoms with Gasteiger partial charge in [-0.05, 0) is 43.5 Å². The Bertz CT molecular complexity index is 832. The molecule has 1 aliphatic rings. The van der Waals surface area contributed by atoms with Crippen molar-refractivity contribution in [2.24, 2.45) is 5.92 Å². The Morgan fingerprint density at radius 1 is 1.11 bits per heavy atom. The molecule has 6 heteroatoms. The zero-order chi connectivity index (χ0) is 19.9. The quantitative estimate of drug-likeness (QED) is 0.827. The summed E-state index contributed by atoms with van der Waals surface area (Å²) < 4.78 is 19.3. The number of likely N-dealkylation sites (tertiary alicyclic amines) is 1. The van der Waals surface area contributed by atoms with Crippen LogP contribution in [0.15, 0.2) is 48.5 Å². The predicted octanol–water partition coefficient (Wildman–Crippen LogP) is 3.64. The summed E-state index contributed by atoms with van der Waals surface area (Å²) in [6, 6.07) is 13.7. The van der Waals surface area contributed by atoms with Crippen molar-refractivity contribution in [2.75, 3.05) is 25.0 Å². The van der Waals surface area contributed by atoms with E-state index in [0.717, 1.165) is 0 Å². The first-order valence-electron chi connectivity index (χ1n) is 9.62. The van der Waals surface area contributed by atoms with Gasteiger partial charge in [-0.15, -0.1) is 0 Å². The largest absolute Gasteiger partial charge is 0.492 e. The van der Waals surface area contributed by atoms with Gasteiger partial charge in [0.15, 0.2) is 0 Å². The van der Waals surface area contributed by atoms with E-state index in [4.69, 9.17) is 4.74 Å². The Labute approximate surface area is 164 Å². The van der Waals surface area contributed by atoms with Crippen molar-refractivity contribution in [1.29, 1.82) is 0 Å². The van der Waals surface area contributed by atoms with Gasteiger partial charge in [-0.25, -0.2) is 4.39 Å². The van der Waals surface area contributed by atoms with Crippen LogP contribution in [0.1, 0.15) is 25.3 Å². The van der Waals surface area contributed by atoms with Crippen LogP contribution in [0.5, 0.6) is 5.75 Å². The maximum atomic E-state index is 13.7. The Kier molecular flexibility index (Phi) is 6.63. The van der Waals surface area contributed by atoms with Gasteiger partial charge in [-0.2, -0.15) is 0 Å². The molecule has 2 amide bonds. The second-order valence-corrected chi connectivity index (χ2v) is 6.84. The van der Waals surface area contributed by atoms with Crippen molar-refractivity contribution in [3.63, 3.8) is 0 Å². The van der Waals surface area contributed by atoms with Crippen LogP contribution in [0.4, 0.5) is 10.1 Å². The molecular formula is C22H25FN2O3. The standard InChI is InChI=1S/C22H25FN2O3/c1-2-28-20-10-6-5-9-19(20)24-22(27)16-11-13-25(14-12-16)21(26)15-17-7-3-4-8-18(17)23/h3-10,16H,2,11-15H2,1H3,(H,24,27). The number of carbonyl (C=O) groups excluding carboxylic acids is 2. The molecule has 0 bridgehead atoms. The smallest absolute Gasteiger partial charge is 0.227 e. The van der Waals surface area contributed by atoms with Gasteiger partial charge in [0.05, 0.1) is 18.7 Å². The molecule has 1 saturated heterocycles. The number of ether oxygens (including phenoxy) is 1. The summed E-state index contributed by atoms with van der Waals surface area (Å²) in [7, 11) is 0. The van der Waals surface area contributed by atoms with E-state index in [2.05, 4.69) is 5.32 Å². The van der Waals surface area contributed by atoms with E-state index < -0.39 is 0 Å². The van der Waals surface area contributed by atoms with Crippen LogP contribution in [-0.2, 0) is 16.0 Å². The molecule has 3 rings (SSSR count). The minimum atomic E-state index is -0.363. The highest BCUT2D eigenvalue weighted by atomic mass is 19.1. The van der Waals surface area contributed by atoms with Crippen molar-refractivity contribution in [3.8, 4) is 5.75 Å². The van der Waals surface area contributed by atoms with Gasteiger partial charge >= 0.3 is 0 Å². The first-order valence-corrected chi connectivity index (χ1v) is 9.62. The molecule has 0 spiro atoms. The average Bonchev–Trinajstić information content (AvgIpc) is 2.71. The van der Waals surface area contributed by atoms with Gasteiger partial charge in [0.25, 0.3) is 0 Å². The third-order valence-corrected chi connectivity index (χ3v) is 4.96. The van der Waals surface area contributed by atoms with Crippen LogP contribution in [0.25, 0.3) is 0 Å². The second-order valence-electron chi connectivity index (χ2n) is 6.84. The second kappa shape index (κ2) is 9.35. The van der Waals surface area contributed by atoms with E-state index in [0.29, 0.717) is 49.5 Å². The summed E-state index contributed by atoms with van der Waals surface area (Å²) in [5.41, 5.74) is 1.06. The lowest BCUT2D eigenvalue weighted by molar-refractivity contribution is -0.133. The Morgan fingerprint density at radius 2 is 1.79 bits per heavy atom. The molecule has 0 saturated carbocycles. The number of nitrogens with one attached hydrogen (secondary N) is 1. The van der Waals surface area contributed by atoms with Crippen molar-refractivity contribution in [2.45, 2.75) is 26.2 Å². The number of hydrogen-bond acceptors (Lipinski definition) is 3. The number of piperidine rings is 1. The van der Waals surface area contributed by atoms with Gasteiger partial charge < -0.3 is 15.0 Å². The molecular weight excluding hydrogens is 359 g/mol. The fraction of sp³-hybridized carbons (Fsp3) is 0.364. The number of carbonyl (C=O) groups is 2. The van der Waals surface area contributed by atoms with Crippen LogP contribution >= 0.6 is 0 Å². The molecule has 5 nitrogen and oxygen atoms in total. The van der Waals surface area contributed by atoms with Crippen LogP contribution < -0.4 is 10.1 Å². The van der Waals surface area contributed by atoms with E-state index in [-0.39, 0.29) is 30.0 Å². The van der Waals surface area contributed by atoms with Crippen molar-refractivity contribution in [1.82, 2.24) is 4.90 Å². The molecule has 2 aromatic rings. The lowest BCUT2D eigenvalue weighted by Gasteiger charge is -2.31. The fourth-order valence-electron chi connectivity index (χ4n) is 3.39. The lowest BCUT2D eigenvalue weighted by atomic mass is 9.95. The number of halogens is 1. The summed E-state index contributed by atoms with van der Waals surface area (Å²) in [4.78, 5) is 26.8. The molecule has 0 aliphatic carbocycles. The first-order chi connectivity index (χ1) is 13.6. The summed E-state index contributed by atoms with van der Waals surface area (Å²) in [6.07, 6.45) is 1.22. The number of nitrogens with zero attached hydrogens (tertiary/aromatic N) is 1. The third-order valence-electron chi connectivity index (χ3n) is 4.96. The summed E-state index contributed by atoms with van der Waals surface area (Å²) in [5, 5.41) is 2.94. The lowest BCUT2D eigenvalue weighted by Crippen LogP contribution is -2.42. The highest BCUT2D eigenvalue weighted by Gasteiger charge is 2.28. The average molecular weight is 384 g/mol. The Balaban J connectivity index is 1.53. The highest BCUT2D eigenvalue weighted by Crippen LogP contribution is 2.26. The van der Waals surface area contributed by atoms with Crippen LogP contribution in [-0.4, -0.2) is 36.4 Å². The van der Waals surface area contributed by atoms with E-state index in [1.54, 1.807) is 23.1 Å². The van der Waals surface area contributed by atoms with Gasteiger partial charge in [-0.1, -0.05) is 30.3 Å². The summed E-state index contributed by atoms with van der Waals surface area (Å²) in [5.74, 6) is -0.0415. The number of anilines is 1. The molecule has 0 aromatic heterocycles. The monoisotopic (exact) mass is 384 g/mol. The zero-order valence-electron chi connectivity index (χ0n) is 16.0. The molecule has 0 unspecified atom stereocenters. The van der Waals surface area contributed by atoms with Crippen molar-refractivity contribution < 1.29 is 18.7 Å². The van der Waals surface area contributed by atoms with Gasteiger partial charge in [0.1, 0.15) is 11.6 Å². The van der Waals surface area contributed by atoms with Crippen molar-refractivity contribution in [3.05, 3.63) is 59.9 Å². The molecule has 1 N–H and O–H groups in total. The molecule has 1 fully saturated rings. The normalized spacial score (nSPS) is 14.6. The van der Waals surface area contributed by atoms with E-state index in [9.17, 15) is 14.0 Å². The SMILES string of the molecule is CCOc1ccccc1NC(=O)C1CCN(C(=O)Cc2ccccc2F)CC1. The van der Waals surface area contributed by atoms with Crippen molar-refractivity contribution >= 4 is 17.5 Å². The van der Waals surface area contributed by atoms with E-state index in [1.165, 1.54) is 6.07 Å². The molecule has 28 heavy (non-hydrogen) atoms. The number of benzene rings is 2. The zero-order valence-corrected chi connectivity index (χ0v) is 16.0. The molecule has 0 radical (unpaired) electrons. The number of rotatable bonds is 6. The molecule has 148 valence electrons. The van der Waals surface area contributed by atoms with Crippen LogP contribution in [0, 0.1) is 11.7 Å². The minimum Gasteiger partial charge on any atom is -0.492 e. The Hall–Kier alpha value is -2.89. The first kappa shape index (κ1) is 19.9. The molecule has 1 heterocycles. The van der Waals surface area contributed by atoms with Gasteiger partial charge in [0, 0.05) is 19.0 Å². The van der Waals surface area contributed by atoms with Gasteiger partial charge in [-0.3, -0.25) is 9.59 Å². The maximum Gasteiger partial charge on any atom is 0.227 e. The number of para-hydroxylation sites is 2. The minimum absolute atomic E-state index is 0.0469. The predicted molar refractivity (Wildman–Crippen MR) is 106 cm³/mol. The Morgan fingerprint density at radius 3 is 2.50 bits per heavy atom. The molecule has 1 aliphatic heterocycles. The maximum absolute atomic E-state index is 13.7. The van der Waals surface area contributed by atoms with E-state index >= 15 is 0 Å². The highest BCUT2D eigenvalue weighted by molar-refractivity contribution is 5.94. The summed E-state index contributed by atoms with van der Waals surface area (Å²) in [6.45, 7) is 3.42. The fourth-order valence-corrected chi connectivity index (χ4v) is 3.39. The third kappa shape index (κ3) is 4.88. The number of amides is 2. The summed E-state index contributed by atoms with van der Waals surface area (Å²) >= 11 is 0. The van der Waals surface area contributed by atoms with Crippen LogP contribution in [0.3, 0.4) is 0 Å². The van der Waals surface area contributed by atoms with Crippen LogP contribution in [0.2, 0.25) is 0 Å². The van der Waals surface area contributed by atoms with Gasteiger partial charge in [0.2, 0.25) is 11.8 Å². The van der Waals surface area contributed by atoms with E-state index in [1.807, 2.05) is 31.2 Å².